The SMILES string of the molecule is O=C(c1ccccc1)c1ccccc1S.c1cocn1. The minimum absolute atomic E-state index is 0.0150. The number of carbonyl (C=O) groups is 1. The third-order valence-corrected chi connectivity index (χ3v) is 2.92. The maximum absolute atomic E-state index is 12.0. The van der Waals surface area contributed by atoms with E-state index in [1.54, 1.807) is 12.3 Å². The van der Waals surface area contributed by atoms with Crippen LogP contribution in [0.1, 0.15) is 15.9 Å². The Morgan fingerprint density at radius 3 is 2.25 bits per heavy atom. The van der Waals surface area contributed by atoms with Crippen molar-refractivity contribution >= 4 is 18.4 Å². The van der Waals surface area contributed by atoms with Crippen LogP contribution in [0.25, 0.3) is 0 Å². The van der Waals surface area contributed by atoms with Crippen molar-refractivity contribution in [1.82, 2.24) is 4.98 Å². The number of nitrogens with zero attached hydrogens (tertiary/aromatic N) is 1. The van der Waals surface area contributed by atoms with Crippen molar-refractivity contribution in [1.29, 1.82) is 0 Å². The lowest BCUT2D eigenvalue weighted by Crippen LogP contribution is -2.01. The first kappa shape index (κ1) is 14.1. The molecular formula is C16H13NO2S. The van der Waals surface area contributed by atoms with Crippen LogP contribution in [-0.2, 0) is 0 Å². The number of benzene rings is 2. The number of oxazole rings is 1. The summed E-state index contributed by atoms with van der Waals surface area (Å²) in [6, 6.07) is 16.5. The molecule has 0 N–H and O–H groups in total. The molecule has 0 amide bonds. The number of carbonyl (C=O) groups excluding carboxylic acids is 1. The molecule has 0 saturated carbocycles. The third kappa shape index (κ3) is 3.83. The molecule has 3 nitrogen and oxygen atoms in total. The van der Waals surface area contributed by atoms with Gasteiger partial charge in [-0.15, -0.1) is 12.6 Å². The van der Waals surface area contributed by atoms with Gasteiger partial charge in [-0.25, -0.2) is 4.98 Å². The molecule has 0 radical (unpaired) electrons. The van der Waals surface area contributed by atoms with E-state index in [4.69, 9.17) is 0 Å². The molecule has 0 spiro atoms. The van der Waals surface area contributed by atoms with Gasteiger partial charge in [0.2, 0.25) is 0 Å². The smallest absolute Gasteiger partial charge is 0.194 e. The Morgan fingerprint density at radius 1 is 1.00 bits per heavy atom. The fraction of sp³-hybridized carbons (Fsp3) is 0. The Hall–Kier alpha value is -2.33. The average Bonchev–Trinajstić information content (AvgIpc) is 3.07. The van der Waals surface area contributed by atoms with Gasteiger partial charge in [0, 0.05) is 16.0 Å². The minimum atomic E-state index is 0.0150. The summed E-state index contributed by atoms with van der Waals surface area (Å²) in [6.07, 6.45) is 4.47. The molecule has 1 aromatic heterocycles. The number of rotatable bonds is 2. The van der Waals surface area contributed by atoms with E-state index in [1.165, 1.54) is 12.7 Å². The fourth-order valence-corrected chi connectivity index (χ4v) is 1.85. The average molecular weight is 283 g/mol. The Bertz CT molecular complexity index is 634. The maximum Gasteiger partial charge on any atom is 0.194 e. The van der Waals surface area contributed by atoms with Crippen LogP contribution >= 0.6 is 12.6 Å². The Labute approximate surface area is 122 Å². The number of thiol groups is 1. The number of aromatic nitrogens is 1. The van der Waals surface area contributed by atoms with Crippen LogP contribution < -0.4 is 0 Å². The molecule has 20 heavy (non-hydrogen) atoms. The number of hydrogen-bond acceptors (Lipinski definition) is 4. The molecular weight excluding hydrogens is 270 g/mol. The lowest BCUT2D eigenvalue weighted by atomic mass is 10.0. The predicted molar refractivity (Wildman–Crippen MR) is 80.1 cm³/mol. The summed E-state index contributed by atoms with van der Waals surface area (Å²) in [7, 11) is 0. The summed E-state index contributed by atoms with van der Waals surface area (Å²) >= 11 is 4.27. The molecule has 0 aliphatic heterocycles. The summed E-state index contributed by atoms with van der Waals surface area (Å²) in [6.45, 7) is 0. The molecule has 0 atom stereocenters. The predicted octanol–water partition coefficient (Wildman–Crippen LogP) is 3.88. The van der Waals surface area contributed by atoms with Crippen molar-refractivity contribution in [3.63, 3.8) is 0 Å². The molecule has 0 aliphatic carbocycles. The van der Waals surface area contributed by atoms with E-state index in [-0.39, 0.29) is 5.78 Å². The zero-order valence-corrected chi connectivity index (χ0v) is 11.5. The summed E-state index contributed by atoms with van der Waals surface area (Å²) in [5, 5.41) is 0. The molecule has 2 aromatic carbocycles. The molecule has 0 saturated heterocycles. The summed E-state index contributed by atoms with van der Waals surface area (Å²) in [5.41, 5.74) is 1.34. The van der Waals surface area contributed by atoms with E-state index in [2.05, 4.69) is 22.0 Å². The van der Waals surface area contributed by atoms with E-state index in [1.807, 2.05) is 48.5 Å². The van der Waals surface area contributed by atoms with Crippen LogP contribution in [0.4, 0.5) is 0 Å². The van der Waals surface area contributed by atoms with Crippen molar-refractivity contribution in [3.8, 4) is 0 Å². The van der Waals surface area contributed by atoms with Gasteiger partial charge in [0.15, 0.2) is 12.2 Å². The van der Waals surface area contributed by atoms with Gasteiger partial charge in [-0.3, -0.25) is 4.79 Å². The van der Waals surface area contributed by atoms with Gasteiger partial charge < -0.3 is 4.42 Å². The van der Waals surface area contributed by atoms with Crippen LogP contribution in [0, 0.1) is 0 Å². The second kappa shape index (κ2) is 7.31. The Balaban J connectivity index is 0.000000247. The maximum atomic E-state index is 12.0. The largest absolute Gasteiger partial charge is 0.452 e. The molecule has 100 valence electrons. The van der Waals surface area contributed by atoms with E-state index in [0.717, 1.165) is 0 Å². The quantitative estimate of drug-likeness (QED) is 0.573. The first-order chi connectivity index (χ1) is 9.79. The van der Waals surface area contributed by atoms with Crippen LogP contribution in [0.2, 0.25) is 0 Å². The molecule has 0 unspecified atom stereocenters. The van der Waals surface area contributed by atoms with E-state index >= 15 is 0 Å². The molecule has 0 aliphatic rings. The second-order valence-corrected chi connectivity index (χ2v) is 4.37. The summed E-state index contributed by atoms with van der Waals surface area (Å²) in [5.74, 6) is 0.0150. The van der Waals surface area contributed by atoms with Gasteiger partial charge in [0.25, 0.3) is 0 Å². The number of hydrogen-bond donors (Lipinski definition) is 1. The normalized spacial score (nSPS) is 9.45. The molecule has 4 heteroatoms. The molecule has 0 bridgehead atoms. The highest BCUT2D eigenvalue weighted by Gasteiger charge is 2.10. The topological polar surface area (TPSA) is 43.1 Å². The summed E-state index contributed by atoms with van der Waals surface area (Å²) < 4.78 is 4.47. The van der Waals surface area contributed by atoms with Gasteiger partial charge in [-0.05, 0) is 12.1 Å². The molecule has 3 rings (SSSR count). The lowest BCUT2D eigenvalue weighted by molar-refractivity contribution is 0.103. The van der Waals surface area contributed by atoms with Gasteiger partial charge in [-0.1, -0.05) is 42.5 Å². The second-order valence-electron chi connectivity index (χ2n) is 3.89. The van der Waals surface area contributed by atoms with Crippen molar-refractivity contribution in [2.45, 2.75) is 4.90 Å². The molecule has 1 heterocycles. The zero-order chi connectivity index (χ0) is 14.2. The highest BCUT2D eigenvalue weighted by atomic mass is 32.1. The number of ketones is 1. The monoisotopic (exact) mass is 283 g/mol. The molecule has 0 fully saturated rings. The van der Waals surface area contributed by atoms with Crippen molar-refractivity contribution in [2.75, 3.05) is 0 Å². The van der Waals surface area contributed by atoms with Crippen molar-refractivity contribution < 1.29 is 9.21 Å². The standard InChI is InChI=1S/C13H10OS.C3H3NO/c14-13(10-6-2-1-3-7-10)11-8-4-5-9-12(11)15;1-2-5-3-4-1/h1-9,15H;1-3H. The van der Waals surface area contributed by atoms with E-state index in [0.29, 0.717) is 16.0 Å². The van der Waals surface area contributed by atoms with Gasteiger partial charge in [-0.2, -0.15) is 0 Å². The van der Waals surface area contributed by atoms with Crippen LogP contribution in [0.5, 0.6) is 0 Å². The first-order valence-electron chi connectivity index (χ1n) is 5.99. The third-order valence-electron chi connectivity index (χ3n) is 2.53. The van der Waals surface area contributed by atoms with Crippen LogP contribution in [0.15, 0.2) is 82.8 Å². The first-order valence-corrected chi connectivity index (χ1v) is 6.43. The Morgan fingerprint density at radius 2 is 1.70 bits per heavy atom. The lowest BCUT2D eigenvalue weighted by Gasteiger charge is -2.03. The van der Waals surface area contributed by atoms with Crippen LogP contribution in [0.3, 0.4) is 0 Å². The van der Waals surface area contributed by atoms with E-state index < -0.39 is 0 Å². The summed E-state index contributed by atoms with van der Waals surface area (Å²) in [4.78, 5) is 16.3. The van der Waals surface area contributed by atoms with Crippen molar-refractivity contribution in [2.24, 2.45) is 0 Å². The zero-order valence-electron chi connectivity index (χ0n) is 10.6. The fourth-order valence-electron chi connectivity index (χ4n) is 1.59. The van der Waals surface area contributed by atoms with Gasteiger partial charge in [0.1, 0.15) is 6.26 Å². The van der Waals surface area contributed by atoms with E-state index in [9.17, 15) is 4.79 Å². The van der Waals surface area contributed by atoms with Crippen molar-refractivity contribution in [3.05, 3.63) is 84.6 Å². The Kier molecular flexibility index (Phi) is 5.15. The molecule has 3 aromatic rings. The highest BCUT2D eigenvalue weighted by molar-refractivity contribution is 7.80. The van der Waals surface area contributed by atoms with Crippen LogP contribution in [-0.4, -0.2) is 10.8 Å². The van der Waals surface area contributed by atoms with Gasteiger partial charge >= 0.3 is 0 Å². The van der Waals surface area contributed by atoms with Gasteiger partial charge in [0.05, 0.1) is 6.20 Å². The minimum Gasteiger partial charge on any atom is -0.452 e. The highest BCUT2D eigenvalue weighted by Crippen LogP contribution is 2.17.